The molecule has 0 N–H and O–H groups in total. The van der Waals surface area contributed by atoms with Gasteiger partial charge in [-0.05, 0) is 107 Å². The highest BCUT2D eigenvalue weighted by Crippen LogP contribution is 2.16. The van der Waals surface area contributed by atoms with E-state index in [1.807, 2.05) is 0 Å². The van der Waals surface area contributed by atoms with Crippen LogP contribution in [-0.4, -0.2) is 72.7 Å². The van der Waals surface area contributed by atoms with Crippen molar-refractivity contribution in [1.29, 1.82) is 0 Å². The third kappa shape index (κ3) is 33.8. The molecule has 0 unspecified atom stereocenters. The summed E-state index contributed by atoms with van der Waals surface area (Å²) in [5.41, 5.74) is 18.3. The Hall–Kier alpha value is -4.29. The van der Waals surface area contributed by atoms with Crippen molar-refractivity contribution in [3.63, 3.8) is 0 Å². The molecule has 8 rings (SSSR count). The van der Waals surface area contributed by atoms with Gasteiger partial charge in [0.2, 0.25) is 0 Å². The molecule has 0 nitrogen and oxygen atoms in total. The molecule has 0 atom stereocenters. The van der Waals surface area contributed by atoms with Gasteiger partial charge in [-0.25, -0.2) is 0 Å². The molecule has 0 aliphatic carbocycles. The number of hydrogen-bond acceptors (Lipinski definition) is 0. The molecule has 9 heteroatoms. The predicted molar refractivity (Wildman–Crippen MR) is 480 cm³/mol. The van der Waals surface area contributed by atoms with E-state index in [1.165, 1.54) is 66.8 Å². The summed E-state index contributed by atoms with van der Waals surface area (Å²) in [5.74, 6) is 0. The SMILES string of the molecule is Cc1c([Si](C)(C)C)cccc1[Si](C)(C)C.Cc1cc(C)c(C)c(C)c1.Cc1cc(C)cc(C)c1.Cc1cc([Si](C)(C)C)cc([Si](C)(C)C)c1.Cc1ccc([Si](C)(C)C)cc1.Cc1ccc([Si](C)(C)C)cc1[Si](C)(C)C.Cc1cccc([Si](C)(C)C)c1.Cc1ccccc1[Si](C)(C)C. The summed E-state index contributed by atoms with van der Waals surface area (Å²) in [4.78, 5) is 0. The van der Waals surface area contributed by atoms with E-state index in [-0.39, 0.29) is 0 Å². The van der Waals surface area contributed by atoms with Crippen molar-refractivity contribution in [3.8, 4) is 0 Å². The summed E-state index contributed by atoms with van der Waals surface area (Å²) in [6.45, 7) is 93.4. The highest BCUT2D eigenvalue weighted by Gasteiger charge is 2.27. The Kier molecular flexibility index (Phi) is 35.1. The molecule has 0 amide bonds. The molecule has 8 aromatic rings. The van der Waals surface area contributed by atoms with Crippen LogP contribution in [-0.2, 0) is 0 Å². The molecule has 97 heavy (non-hydrogen) atoms. The lowest BCUT2D eigenvalue weighted by Gasteiger charge is -2.26. The third-order valence-corrected chi connectivity index (χ3v) is 36.7. The largest absolute Gasteiger partial charge is 0.0779 e. The normalized spacial score (nSPS) is 11.9. The molecule has 0 heterocycles. The van der Waals surface area contributed by atoms with Crippen LogP contribution in [0.4, 0.5) is 0 Å². The topological polar surface area (TPSA) is 0 Å². The first kappa shape index (κ1) is 90.7. The van der Waals surface area contributed by atoms with E-state index < -0.39 is 72.7 Å². The second kappa shape index (κ2) is 37.6. The minimum absolute atomic E-state index is 1.06. The van der Waals surface area contributed by atoms with E-state index in [2.05, 4.69) is 425 Å². The van der Waals surface area contributed by atoms with Crippen LogP contribution in [0.25, 0.3) is 0 Å². The zero-order valence-corrected chi connectivity index (χ0v) is 79.5. The van der Waals surface area contributed by atoms with Crippen LogP contribution in [0.15, 0.2) is 158 Å². The van der Waals surface area contributed by atoms with Crippen molar-refractivity contribution in [1.82, 2.24) is 0 Å². The number of aryl methyl sites for hydroxylation is 11. The zero-order chi connectivity index (χ0) is 75.6. The zero-order valence-electron chi connectivity index (χ0n) is 70.5. The Morgan fingerprint density at radius 1 is 0.155 bits per heavy atom. The van der Waals surface area contributed by atoms with E-state index in [4.69, 9.17) is 0 Å². The van der Waals surface area contributed by atoms with Crippen molar-refractivity contribution < 1.29 is 0 Å². The van der Waals surface area contributed by atoms with Crippen molar-refractivity contribution in [2.24, 2.45) is 0 Å². The minimum Gasteiger partial charge on any atom is -0.0656 e. The molecule has 0 radical (unpaired) electrons. The maximum Gasteiger partial charge on any atom is 0.0779 e. The minimum atomic E-state index is -1.17. The quantitative estimate of drug-likeness (QED) is 0.126. The molecule has 0 spiro atoms. The van der Waals surface area contributed by atoms with Gasteiger partial charge in [0.25, 0.3) is 0 Å². The number of rotatable bonds is 9. The van der Waals surface area contributed by atoms with Crippen molar-refractivity contribution in [2.45, 2.75) is 267 Å². The summed E-state index contributed by atoms with van der Waals surface area (Å²) in [7, 11) is -10.1. The maximum atomic E-state index is 2.49. The first-order valence-corrected chi connectivity index (χ1v) is 67.8. The fraction of sp³-hybridized carbons (Fsp3) is 0.455. The highest BCUT2D eigenvalue weighted by atomic mass is 28.3. The summed E-state index contributed by atoms with van der Waals surface area (Å²) in [6.07, 6.45) is 0. The van der Waals surface area contributed by atoms with Gasteiger partial charge in [-0.2, -0.15) is 0 Å². The molecular weight excluding hydrogens is 1310 g/mol. The van der Waals surface area contributed by atoms with Gasteiger partial charge < -0.3 is 0 Å². The molecule has 0 saturated heterocycles. The number of benzene rings is 8. The van der Waals surface area contributed by atoms with E-state index in [9.17, 15) is 0 Å². The average molecular weight is 1460 g/mol. The molecule has 8 aromatic carbocycles. The van der Waals surface area contributed by atoms with Gasteiger partial charge in [-0.3, -0.25) is 0 Å². The predicted octanol–water partition coefficient (Wildman–Crippen LogP) is 22.4. The van der Waals surface area contributed by atoms with Gasteiger partial charge in [-0.1, -0.05) is 437 Å². The molecule has 534 valence electrons. The Balaban J connectivity index is 0.000000558. The summed E-state index contributed by atoms with van der Waals surface area (Å²) in [6, 6.07) is 58.9. The first-order valence-electron chi connectivity index (χ1n) is 36.3. The standard InChI is InChI=1S/3C13H24Si2.3C10H16Si.C10H14.C9H12/c1-11-8-12(14(2,3)4)10-13(9-11)15(5,6)7;1-11-8-9-12(14(2,3)4)10-13(11)15(5,6)7;1-11-12(14(2,3)4)9-8-10-13(11)15(5,6)7;1-9-5-7-10(8-6-9)11(2,3)4;1-9-6-5-7-10(8-9)11(2,3)4;1-9-7-5-6-8-10(9)11(2,3)4;1-7-5-8(2)10(4)9(3)6-7;1-7-4-8(2)6-9(3)5-7/h3*8-10H,1-7H3;3*5-8H,1-4H3;5-6H,1-4H3;4-6H,1-3H3. The van der Waals surface area contributed by atoms with Crippen LogP contribution in [0.3, 0.4) is 0 Å². The van der Waals surface area contributed by atoms with Crippen molar-refractivity contribution in [2.75, 3.05) is 0 Å². The van der Waals surface area contributed by atoms with Gasteiger partial charge in [0.15, 0.2) is 0 Å². The highest BCUT2D eigenvalue weighted by molar-refractivity contribution is 6.94. The summed E-state index contributed by atoms with van der Waals surface area (Å²) < 4.78 is 0. The lowest BCUT2D eigenvalue weighted by molar-refractivity contribution is 1.23. The van der Waals surface area contributed by atoms with Crippen LogP contribution in [0, 0.1) is 90.0 Å². The van der Waals surface area contributed by atoms with Gasteiger partial charge in [0.05, 0.1) is 72.7 Å². The van der Waals surface area contributed by atoms with Crippen LogP contribution < -0.4 is 46.7 Å². The second-order valence-electron chi connectivity index (χ2n) is 37.6. The van der Waals surface area contributed by atoms with E-state index >= 15 is 0 Å². The van der Waals surface area contributed by atoms with E-state index in [0.717, 1.165) is 0 Å². The summed E-state index contributed by atoms with van der Waals surface area (Å²) in [5, 5.41) is 14.4. The molecule has 0 bridgehead atoms. The fourth-order valence-electron chi connectivity index (χ4n) is 11.8. The van der Waals surface area contributed by atoms with Crippen LogP contribution in [0.1, 0.15) is 72.3 Å². The van der Waals surface area contributed by atoms with E-state index in [0.29, 0.717) is 0 Å². The molecule has 0 saturated carbocycles. The maximum absolute atomic E-state index is 2.49. The van der Waals surface area contributed by atoms with Crippen LogP contribution in [0.2, 0.25) is 177 Å². The smallest absolute Gasteiger partial charge is 0.0656 e. The second-order valence-corrected chi connectivity index (χ2v) is 83.1. The third-order valence-electron chi connectivity index (χ3n) is 17.9. The van der Waals surface area contributed by atoms with Crippen molar-refractivity contribution in [3.05, 3.63) is 230 Å². The van der Waals surface area contributed by atoms with Crippen molar-refractivity contribution >= 4 is 119 Å². The Bertz CT molecular complexity index is 3550. The molecule has 0 aromatic heterocycles. The van der Waals surface area contributed by atoms with Gasteiger partial charge in [-0.15, -0.1) is 0 Å². The molecular formula is C88H146Si9. The lowest BCUT2D eigenvalue weighted by atomic mass is 10.0. The van der Waals surface area contributed by atoms with Gasteiger partial charge in [0, 0.05) is 0 Å². The first-order chi connectivity index (χ1) is 43.7. The van der Waals surface area contributed by atoms with Gasteiger partial charge in [0.1, 0.15) is 0 Å². The molecule has 0 fully saturated rings. The Morgan fingerprint density at radius 2 is 0.454 bits per heavy atom. The lowest BCUT2D eigenvalue weighted by Crippen LogP contribution is -2.48. The number of hydrogen-bond donors (Lipinski definition) is 0. The Labute approximate surface area is 611 Å². The summed E-state index contributed by atoms with van der Waals surface area (Å²) >= 11 is 0. The Morgan fingerprint density at radius 3 is 0.784 bits per heavy atom. The average Bonchev–Trinajstić information content (AvgIpc) is 0.815. The van der Waals surface area contributed by atoms with Crippen LogP contribution >= 0.6 is 0 Å². The monoisotopic (exact) mass is 1450 g/mol. The molecule has 0 aliphatic rings. The van der Waals surface area contributed by atoms with Crippen LogP contribution in [0.5, 0.6) is 0 Å². The van der Waals surface area contributed by atoms with E-state index in [1.54, 1.807) is 52.2 Å². The van der Waals surface area contributed by atoms with Gasteiger partial charge >= 0.3 is 0 Å². The fourth-order valence-corrected chi connectivity index (χ4v) is 25.8. The molecule has 0 aliphatic heterocycles.